The fraction of sp³-hybridized carbons (Fsp3) is 0.316. The number of hydrogen-bond donors (Lipinski definition) is 0. The van der Waals surface area contributed by atoms with Gasteiger partial charge in [-0.1, -0.05) is 45.0 Å². The third-order valence-corrected chi connectivity index (χ3v) is 3.94. The molecule has 1 aromatic carbocycles. The second kappa shape index (κ2) is 6.32. The summed E-state index contributed by atoms with van der Waals surface area (Å²) in [5, 5.41) is 9.07. The quantitative estimate of drug-likeness (QED) is 0.566. The Morgan fingerprint density at radius 2 is 1.87 bits per heavy atom. The smallest absolute Gasteiger partial charge is 0.183 e. The van der Waals surface area contributed by atoms with E-state index in [1.807, 2.05) is 28.7 Å². The summed E-state index contributed by atoms with van der Waals surface area (Å²) in [5.41, 5.74) is 5.20. The van der Waals surface area contributed by atoms with E-state index in [9.17, 15) is 0 Å². The first kappa shape index (κ1) is 15.4. The molecule has 0 atom stereocenters. The number of hydrogen-bond acceptors (Lipinski definition) is 3. The number of aryl methyl sites for hydroxylation is 2. The van der Waals surface area contributed by atoms with Gasteiger partial charge in [-0.2, -0.15) is 0 Å². The van der Waals surface area contributed by atoms with Gasteiger partial charge in [-0.15, -0.1) is 10.2 Å². The number of fused-ring (bicyclic) bond motifs is 1. The molecule has 4 heteroatoms. The van der Waals surface area contributed by atoms with Gasteiger partial charge in [0.05, 0.1) is 11.4 Å². The van der Waals surface area contributed by atoms with Gasteiger partial charge in [0.25, 0.3) is 0 Å². The largest absolute Gasteiger partial charge is 0.283 e. The molecule has 3 rings (SSSR count). The average Bonchev–Trinajstić information content (AvgIpc) is 2.91. The summed E-state index contributed by atoms with van der Waals surface area (Å²) in [7, 11) is 0. The molecule has 0 radical (unpaired) electrons. The van der Waals surface area contributed by atoms with E-state index >= 15 is 0 Å². The summed E-state index contributed by atoms with van der Waals surface area (Å²) in [5.74, 6) is 1.12. The minimum Gasteiger partial charge on any atom is -0.283 e. The molecule has 0 bridgehead atoms. The van der Waals surface area contributed by atoms with Gasteiger partial charge in [-0.25, -0.2) is 4.98 Å². The van der Waals surface area contributed by atoms with Crippen LogP contribution in [0.25, 0.3) is 5.65 Å². The molecule has 118 valence electrons. The van der Waals surface area contributed by atoms with Gasteiger partial charge in [0.2, 0.25) is 0 Å². The zero-order valence-electron chi connectivity index (χ0n) is 14.1. The molecule has 0 fully saturated rings. The zero-order valence-corrected chi connectivity index (χ0v) is 14.1. The van der Waals surface area contributed by atoms with Crippen molar-refractivity contribution in [3.05, 3.63) is 59.4 Å². The van der Waals surface area contributed by atoms with E-state index in [-0.39, 0.29) is 0 Å². The Labute approximate surface area is 136 Å². The molecule has 0 saturated carbocycles. The molecule has 2 aromatic heterocycles. The number of azo groups is 1. The Morgan fingerprint density at radius 1 is 1.09 bits per heavy atom. The molecular formula is C19H22N4. The molecule has 0 unspecified atom stereocenters. The van der Waals surface area contributed by atoms with Crippen LogP contribution in [0.2, 0.25) is 0 Å². The lowest BCUT2D eigenvalue weighted by atomic mass is 10.1. The fourth-order valence-corrected chi connectivity index (χ4v) is 2.65. The summed E-state index contributed by atoms with van der Waals surface area (Å²) >= 11 is 0. The monoisotopic (exact) mass is 306 g/mol. The zero-order chi connectivity index (χ0) is 16.4. The highest BCUT2D eigenvalue weighted by Crippen LogP contribution is 2.30. The van der Waals surface area contributed by atoms with E-state index in [0.29, 0.717) is 5.92 Å². The Balaban J connectivity index is 2.13. The maximum atomic E-state index is 4.72. The van der Waals surface area contributed by atoms with Crippen molar-refractivity contribution >= 4 is 17.2 Å². The molecule has 0 aliphatic rings. The molecule has 0 amide bonds. The number of pyridine rings is 1. The van der Waals surface area contributed by atoms with Crippen molar-refractivity contribution in [2.24, 2.45) is 10.2 Å². The lowest BCUT2D eigenvalue weighted by Gasteiger charge is -2.03. The van der Waals surface area contributed by atoms with Crippen LogP contribution in [-0.4, -0.2) is 9.38 Å². The Hall–Kier alpha value is -2.49. The molecule has 23 heavy (non-hydrogen) atoms. The highest BCUT2D eigenvalue weighted by molar-refractivity contribution is 5.54. The Kier molecular flexibility index (Phi) is 4.24. The SMILES string of the molecule is CCc1ccccc1N=Nc1c(C(C)C)nc2ccc(C)cn12. The number of benzene rings is 1. The summed E-state index contributed by atoms with van der Waals surface area (Å²) in [6.07, 6.45) is 3.01. The predicted molar refractivity (Wildman–Crippen MR) is 94.0 cm³/mol. The molecule has 3 aromatic rings. The number of aromatic nitrogens is 2. The first-order valence-electron chi connectivity index (χ1n) is 8.08. The number of imidazole rings is 1. The van der Waals surface area contributed by atoms with Crippen LogP contribution in [0.1, 0.15) is 43.5 Å². The van der Waals surface area contributed by atoms with Gasteiger partial charge in [0.1, 0.15) is 5.65 Å². The molecule has 0 saturated heterocycles. The summed E-state index contributed by atoms with van der Waals surface area (Å²) < 4.78 is 2.03. The van der Waals surface area contributed by atoms with Crippen molar-refractivity contribution < 1.29 is 0 Å². The maximum Gasteiger partial charge on any atom is 0.183 e. The average molecular weight is 306 g/mol. The molecule has 2 heterocycles. The molecule has 0 aliphatic heterocycles. The van der Waals surface area contributed by atoms with Crippen molar-refractivity contribution in [3.8, 4) is 0 Å². The Morgan fingerprint density at radius 3 is 2.61 bits per heavy atom. The molecule has 0 aliphatic carbocycles. The van der Waals surface area contributed by atoms with Crippen molar-refractivity contribution in [1.29, 1.82) is 0 Å². The van der Waals surface area contributed by atoms with Gasteiger partial charge >= 0.3 is 0 Å². The van der Waals surface area contributed by atoms with Crippen LogP contribution in [0.15, 0.2) is 52.8 Å². The van der Waals surface area contributed by atoms with Crippen molar-refractivity contribution in [1.82, 2.24) is 9.38 Å². The summed E-state index contributed by atoms with van der Waals surface area (Å²) in [6.45, 7) is 8.47. The second-order valence-electron chi connectivity index (χ2n) is 6.09. The minimum absolute atomic E-state index is 0.297. The highest BCUT2D eigenvalue weighted by atomic mass is 15.2. The van der Waals surface area contributed by atoms with E-state index in [4.69, 9.17) is 4.98 Å². The first-order valence-corrected chi connectivity index (χ1v) is 8.08. The van der Waals surface area contributed by atoms with Crippen LogP contribution in [0.3, 0.4) is 0 Å². The standard InChI is InChI=1S/C19H22N4/c1-5-15-8-6-7-9-16(15)21-22-19-18(13(2)3)20-17-11-10-14(4)12-23(17)19/h6-13H,5H2,1-4H3. The fourth-order valence-electron chi connectivity index (χ4n) is 2.65. The number of nitrogens with zero attached hydrogens (tertiary/aromatic N) is 4. The first-order chi connectivity index (χ1) is 11.1. The van der Waals surface area contributed by atoms with Crippen LogP contribution in [0, 0.1) is 6.92 Å². The molecular weight excluding hydrogens is 284 g/mol. The van der Waals surface area contributed by atoms with Gasteiger partial charge < -0.3 is 0 Å². The van der Waals surface area contributed by atoms with Crippen molar-refractivity contribution in [2.75, 3.05) is 0 Å². The van der Waals surface area contributed by atoms with E-state index in [1.54, 1.807) is 0 Å². The molecule has 0 spiro atoms. The van der Waals surface area contributed by atoms with Gasteiger partial charge in [-0.3, -0.25) is 4.40 Å². The van der Waals surface area contributed by atoms with E-state index in [2.05, 4.69) is 56.3 Å². The van der Waals surface area contributed by atoms with E-state index in [0.717, 1.165) is 29.3 Å². The minimum atomic E-state index is 0.297. The van der Waals surface area contributed by atoms with Crippen LogP contribution in [0.4, 0.5) is 11.5 Å². The summed E-state index contributed by atoms with van der Waals surface area (Å²) in [6, 6.07) is 12.2. The van der Waals surface area contributed by atoms with Crippen LogP contribution in [-0.2, 0) is 6.42 Å². The second-order valence-corrected chi connectivity index (χ2v) is 6.09. The lowest BCUT2D eigenvalue weighted by Crippen LogP contribution is -1.88. The maximum absolute atomic E-state index is 4.72. The van der Waals surface area contributed by atoms with Crippen LogP contribution in [0.5, 0.6) is 0 Å². The van der Waals surface area contributed by atoms with Gasteiger partial charge in [0, 0.05) is 6.20 Å². The van der Waals surface area contributed by atoms with Crippen molar-refractivity contribution in [3.63, 3.8) is 0 Å². The van der Waals surface area contributed by atoms with Crippen LogP contribution >= 0.6 is 0 Å². The van der Waals surface area contributed by atoms with Crippen LogP contribution < -0.4 is 0 Å². The topological polar surface area (TPSA) is 42.0 Å². The number of rotatable bonds is 4. The lowest BCUT2D eigenvalue weighted by molar-refractivity contribution is 0.831. The highest BCUT2D eigenvalue weighted by Gasteiger charge is 2.15. The normalized spacial score (nSPS) is 11.9. The molecule has 0 N–H and O–H groups in total. The van der Waals surface area contributed by atoms with Crippen molar-refractivity contribution in [2.45, 2.75) is 40.0 Å². The Bertz CT molecular complexity index is 859. The van der Waals surface area contributed by atoms with Gasteiger partial charge in [-0.05, 0) is 42.5 Å². The van der Waals surface area contributed by atoms with Gasteiger partial charge in [0.15, 0.2) is 5.82 Å². The third kappa shape index (κ3) is 3.02. The summed E-state index contributed by atoms with van der Waals surface area (Å²) in [4.78, 5) is 4.72. The van der Waals surface area contributed by atoms with E-state index in [1.165, 1.54) is 11.1 Å². The molecule has 4 nitrogen and oxygen atoms in total. The third-order valence-electron chi connectivity index (χ3n) is 3.94. The predicted octanol–water partition coefficient (Wildman–Crippen LogP) is 5.74. The van der Waals surface area contributed by atoms with E-state index < -0.39 is 0 Å².